The molecule has 22 heavy (non-hydrogen) atoms. The lowest BCUT2D eigenvalue weighted by atomic mass is 9.92. The normalized spacial score (nSPS) is 18.4. The van der Waals surface area contributed by atoms with E-state index in [1.54, 1.807) is 26.8 Å². The number of ether oxygens (including phenoxy) is 1. The third-order valence-electron chi connectivity index (χ3n) is 3.28. The molecular formula is C16H20F2N2O2. The summed E-state index contributed by atoms with van der Waals surface area (Å²) in [7, 11) is 0. The van der Waals surface area contributed by atoms with Gasteiger partial charge < -0.3 is 10.5 Å². The number of carbonyl (C=O) groups excluding carboxylic acids is 1. The standard InChI is InChI=1S/C16H20F2N2O2/c1-16(2,3)22-15(21)20-6-4-10(5-7-20)14-12(17)8-11(19)9-13(14)18/h4,6,8-10H,5,7,19H2,1-3H3. The van der Waals surface area contributed by atoms with Gasteiger partial charge in [0.2, 0.25) is 0 Å². The van der Waals surface area contributed by atoms with Crippen LogP contribution in [0, 0.1) is 11.6 Å². The van der Waals surface area contributed by atoms with E-state index in [4.69, 9.17) is 10.5 Å². The van der Waals surface area contributed by atoms with Gasteiger partial charge in [-0.25, -0.2) is 13.6 Å². The van der Waals surface area contributed by atoms with Crippen molar-refractivity contribution >= 4 is 11.8 Å². The highest BCUT2D eigenvalue weighted by Crippen LogP contribution is 2.31. The minimum atomic E-state index is -0.669. The first-order valence-corrected chi connectivity index (χ1v) is 7.10. The Balaban J connectivity index is 2.14. The second kappa shape index (κ2) is 5.94. The van der Waals surface area contributed by atoms with Crippen molar-refractivity contribution < 1.29 is 18.3 Å². The van der Waals surface area contributed by atoms with Gasteiger partial charge in [0, 0.05) is 29.9 Å². The van der Waals surface area contributed by atoms with Crippen LogP contribution in [-0.4, -0.2) is 23.1 Å². The molecule has 2 rings (SSSR count). The van der Waals surface area contributed by atoms with Gasteiger partial charge in [-0.15, -0.1) is 0 Å². The summed E-state index contributed by atoms with van der Waals surface area (Å²) in [6.45, 7) is 5.67. The van der Waals surface area contributed by atoms with Crippen molar-refractivity contribution in [1.82, 2.24) is 4.90 Å². The van der Waals surface area contributed by atoms with Crippen molar-refractivity contribution in [3.05, 3.63) is 41.6 Å². The Morgan fingerprint density at radius 3 is 2.36 bits per heavy atom. The van der Waals surface area contributed by atoms with Gasteiger partial charge in [0.15, 0.2) is 0 Å². The summed E-state index contributed by atoms with van der Waals surface area (Å²) in [6, 6.07) is 2.21. The van der Waals surface area contributed by atoms with Crippen LogP contribution in [0.1, 0.15) is 38.7 Å². The number of nitrogens with zero attached hydrogens (tertiary/aromatic N) is 1. The van der Waals surface area contributed by atoms with Crippen molar-refractivity contribution in [3.8, 4) is 0 Å². The van der Waals surface area contributed by atoms with E-state index in [9.17, 15) is 13.6 Å². The minimum Gasteiger partial charge on any atom is -0.443 e. The fourth-order valence-corrected chi connectivity index (χ4v) is 2.33. The monoisotopic (exact) mass is 310 g/mol. The molecule has 2 N–H and O–H groups in total. The van der Waals surface area contributed by atoms with Crippen LogP contribution in [0.3, 0.4) is 0 Å². The van der Waals surface area contributed by atoms with E-state index in [1.165, 1.54) is 11.1 Å². The van der Waals surface area contributed by atoms with Crippen molar-refractivity contribution in [2.75, 3.05) is 12.3 Å². The molecule has 1 heterocycles. The van der Waals surface area contributed by atoms with Crippen LogP contribution in [0.15, 0.2) is 24.4 Å². The second-order valence-corrected chi connectivity index (χ2v) is 6.31. The van der Waals surface area contributed by atoms with Crippen LogP contribution < -0.4 is 5.73 Å². The van der Waals surface area contributed by atoms with Crippen molar-refractivity contribution in [1.29, 1.82) is 0 Å². The highest BCUT2D eigenvalue weighted by atomic mass is 19.1. The summed E-state index contributed by atoms with van der Waals surface area (Å²) >= 11 is 0. The fraction of sp³-hybridized carbons (Fsp3) is 0.438. The molecule has 1 atom stereocenters. The van der Waals surface area contributed by atoms with E-state index in [0.717, 1.165) is 12.1 Å². The van der Waals surface area contributed by atoms with E-state index < -0.39 is 29.2 Å². The molecule has 0 aromatic heterocycles. The predicted octanol–water partition coefficient (Wildman–Crippen LogP) is 3.79. The molecule has 1 aromatic rings. The maximum absolute atomic E-state index is 13.9. The average molecular weight is 310 g/mol. The lowest BCUT2D eigenvalue weighted by Crippen LogP contribution is -2.36. The van der Waals surface area contributed by atoms with Gasteiger partial charge in [0.25, 0.3) is 0 Å². The Hall–Kier alpha value is -2.11. The largest absolute Gasteiger partial charge is 0.443 e. The molecule has 0 bridgehead atoms. The molecule has 0 aliphatic carbocycles. The van der Waals surface area contributed by atoms with Gasteiger partial charge in [-0.1, -0.05) is 6.08 Å². The first-order chi connectivity index (χ1) is 10.2. The van der Waals surface area contributed by atoms with E-state index >= 15 is 0 Å². The van der Waals surface area contributed by atoms with Crippen LogP contribution >= 0.6 is 0 Å². The number of anilines is 1. The third kappa shape index (κ3) is 3.75. The Morgan fingerprint density at radius 1 is 1.32 bits per heavy atom. The Kier molecular flexibility index (Phi) is 4.39. The minimum absolute atomic E-state index is 0.0192. The Morgan fingerprint density at radius 2 is 1.91 bits per heavy atom. The maximum atomic E-state index is 13.9. The number of nitrogens with two attached hydrogens (primary N) is 1. The van der Waals surface area contributed by atoms with Crippen molar-refractivity contribution in [2.24, 2.45) is 0 Å². The van der Waals surface area contributed by atoms with Gasteiger partial charge in [0.05, 0.1) is 0 Å². The number of halogens is 2. The average Bonchev–Trinajstić information content (AvgIpc) is 2.36. The summed E-state index contributed by atoms with van der Waals surface area (Å²) in [5.41, 5.74) is 4.86. The van der Waals surface area contributed by atoms with Gasteiger partial charge in [-0.3, -0.25) is 4.90 Å². The number of hydrogen-bond donors (Lipinski definition) is 1. The molecule has 0 saturated heterocycles. The van der Waals surface area contributed by atoms with E-state index in [2.05, 4.69) is 0 Å². The Bertz CT molecular complexity index is 586. The van der Waals surface area contributed by atoms with Gasteiger partial charge in [0.1, 0.15) is 17.2 Å². The predicted molar refractivity (Wildman–Crippen MR) is 80.2 cm³/mol. The molecule has 1 aliphatic heterocycles. The van der Waals surface area contributed by atoms with E-state index in [-0.39, 0.29) is 11.3 Å². The molecule has 1 aromatic carbocycles. The van der Waals surface area contributed by atoms with Crippen LogP contribution in [0.4, 0.5) is 19.3 Å². The zero-order valence-corrected chi connectivity index (χ0v) is 12.9. The lowest BCUT2D eigenvalue weighted by Gasteiger charge is -2.29. The number of nitrogen functional groups attached to an aromatic ring is 1. The van der Waals surface area contributed by atoms with Crippen LogP contribution in [-0.2, 0) is 4.74 Å². The molecule has 6 heteroatoms. The molecule has 4 nitrogen and oxygen atoms in total. The zero-order valence-electron chi connectivity index (χ0n) is 12.9. The molecule has 0 spiro atoms. The van der Waals surface area contributed by atoms with Crippen molar-refractivity contribution in [3.63, 3.8) is 0 Å². The van der Waals surface area contributed by atoms with Crippen molar-refractivity contribution in [2.45, 2.75) is 38.7 Å². The molecule has 1 amide bonds. The van der Waals surface area contributed by atoms with E-state index in [0.29, 0.717) is 13.0 Å². The van der Waals surface area contributed by atoms with Crippen LogP contribution in [0.2, 0.25) is 0 Å². The van der Waals surface area contributed by atoms with Gasteiger partial charge in [-0.05, 0) is 39.3 Å². The summed E-state index contributed by atoms with van der Waals surface area (Å²) in [6.07, 6.45) is 3.05. The maximum Gasteiger partial charge on any atom is 0.414 e. The molecule has 0 radical (unpaired) electrons. The third-order valence-corrected chi connectivity index (χ3v) is 3.28. The summed E-state index contributed by atoms with van der Waals surface area (Å²) in [4.78, 5) is 13.3. The number of carbonyl (C=O) groups is 1. The topological polar surface area (TPSA) is 55.6 Å². The molecule has 1 unspecified atom stereocenters. The Labute approximate surface area is 128 Å². The highest BCUT2D eigenvalue weighted by Gasteiger charge is 2.26. The quantitative estimate of drug-likeness (QED) is 0.803. The first kappa shape index (κ1) is 16.3. The number of hydrogen-bond acceptors (Lipinski definition) is 3. The SMILES string of the molecule is CC(C)(C)OC(=O)N1C=CC(c2c(F)cc(N)cc2F)CC1. The fourth-order valence-electron chi connectivity index (χ4n) is 2.33. The van der Waals surface area contributed by atoms with E-state index in [1.807, 2.05) is 0 Å². The molecule has 0 saturated carbocycles. The van der Waals surface area contributed by atoms with Crippen LogP contribution in [0.5, 0.6) is 0 Å². The molecule has 0 fully saturated rings. The smallest absolute Gasteiger partial charge is 0.414 e. The molecule has 120 valence electrons. The molecular weight excluding hydrogens is 290 g/mol. The summed E-state index contributed by atoms with van der Waals surface area (Å²) in [5, 5.41) is 0. The summed E-state index contributed by atoms with van der Waals surface area (Å²) < 4.78 is 33.1. The number of rotatable bonds is 1. The number of allylic oxidation sites excluding steroid dienone is 1. The first-order valence-electron chi connectivity index (χ1n) is 7.10. The highest BCUT2D eigenvalue weighted by molar-refractivity contribution is 5.69. The van der Waals surface area contributed by atoms with Gasteiger partial charge in [-0.2, -0.15) is 0 Å². The van der Waals surface area contributed by atoms with Gasteiger partial charge >= 0.3 is 6.09 Å². The zero-order chi connectivity index (χ0) is 16.5. The van der Waals surface area contributed by atoms with Crippen LogP contribution in [0.25, 0.3) is 0 Å². The molecule has 1 aliphatic rings. The summed E-state index contributed by atoms with van der Waals surface area (Å²) in [5.74, 6) is -1.77. The lowest BCUT2D eigenvalue weighted by molar-refractivity contribution is 0.0324. The second-order valence-electron chi connectivity index (χ2n) is 6.31. The number of benzene rings is 1. The number of amides is 1.